The number of nitrogens with zero attached hydrogens (tertiary/aromatic N) is 1. The zero-order valence-corrected chi connectivity index (χ0v) is 19.1. The fraction of sp³-hybridized carbons (Fsp3) is 0.0345. The second-order valence-electron chi connectivity index (χ2n) is 8.30. The number of fused-ring (bicyclic) bond motifs is 2. The summed E-state index contributed by atoms with van der Waals surface area (Å²) in [7, 11) is 0. The molecule has 2 heterocycles. The highest BCUT2D eigenvalue weighted by molar-refractivity contribution is 7.24. The maximum atomic E-state index is 2.44. The van der Waals surface area contributed by atoms with Crippen LogP contribution in [0, 0.1) is 6.92 Å². The van der Waals surface area contributed by atoms with Gasteiger partial charge in [-0.1, -0.05) is 54.6 Å². The zero-order chi connectivity index (χ0) is 21.2. The lowest BCUT2D eigenvalue weighted by molar-refractivity contribution is 1.31. The van der Waals surface area contributed by atoms with Gasteiger partial charge in [0.1, 0.15) is 5.00 Å². The number of rotatable bonds is 3. The molecule has 0 atom stereocenters. The van der Waals surface area contributed by atoms with Gasteiger partial charge in [-0.25, -0.2) is 0 Å². The summed E-state index contributed by atoms with van der Waals surface area (Å²) in [5.41, 5.74) is 3.65. The minimum absolute atomic E-state index is 1.19. The minimum Gasteiger partial charge on any atom is -0.301 e. The van der Waals surface area contributed by atoms with Crippen LogP contribution in [-0.2, 0) is 0 Å². The predicted octanol–water partition coefficient (Wildman–Crippen LogP) is 9.64. The molecule has 152 valence electrons. The van der Waals surface area contributed by atoms with Gasteiger partial charge in [0.15, 0.2) is 0 Å². The van der Waals surface area contributed by atoms with Crippen molar-refractivity contribution in [3.05, 3.63) is 102 Å². The molecule has 1 nitrogen and oxygen atoms in total. The summed E-state index contributed by atoms with van der Waals surface area (Å²) >= 11 is 3.74. The number of thiophene rings is 2. The monoisotopic (exact) mass is 445 g/mol. The van der Waals surface area contributed by atoms with E-state index in [1.807, 2.05) is 22.7 Å². The lowest BCUT2D eigenvalue weighted by atomic mass is 9.96. The molecule has 0 aliphatic carbocycles. The maximum Gasteiger partial charge on any atom is 0.109 e. The molecular formula is C29H19NS2. The van der Waals surface area contributed by atoms with E-state index in [2.05, 4.69) is 108 Å². The average Bonchev–Trinajstić information content (AvgIpc) is 3.42. The van der Waals surface area contributed by atoms with Crippen LogP contribution in [0.3, 0.4) is 0 Å². The molecule has 0 bridgehead atoms. The van der Waals surface area contributed by atoms with Gasteiger partial charge >= 0.3 is 0 Å². The summed E-state index contributed by atoms with van der Waals surface area (Å²) in [6.45, 7) is 2.16. The van der Waals surface area contributed by atoms with E-state index in [1.54, 1.807) is 0 Å². The first kappa shape index (κ1) is 18.2. The first-order valence-corrected chi connectivity index (χ1v) is 12.5. The highest BCUT2D eigenvalue weighted by Gasteiger charge is 2.23. The fourth-order valence-corrected chi connectivity index (χ4v) is 7.26. The molecule has 7 aromatic rings. The first-order valence-electron chi connectivity index (χ1n) is 10.8. The van der Waals surface area contributed by atoms with Crippen molar-refractivity contribution in [1.29, 1.82) is 0 Å². The van der Waals surface area contributed by atoms with Crippen LogP contribution in [0.15, 0.2) is 96.4 Å². The Bertz CT molecular complexity index is 1740. The third-order valence-electron chi connectivity index (χ3n) is 6.33. The molecular weight excluding hydrogens is 426 g/mol. The van der Waals surface area contributed by atoms with Crippen molar-refractivity contribution >= 4 is 80.8 Å². The summed E-state index contributed by atoms with van der Waals surface area (Å²) in [4.78, 5) is 2.44. The molecule has 0 unspecified atom stereocenters. The third kappa shape index (κ3) is 2.49. The highest BCUT2D eigenvalue weighted by Crippen LogP contribution is 2.52. The quantitative estimate of drug-likeness (QED) is 0.245. The van der Waals surface area contributed by atoms with Crippen LogP contribution in [0.5, 0.6) is 0 Å². The smallest absolute Gasteiger partial charge is 0.109 e. The SMILES string of the molecule is Cc1cccc(N(c2ccccc2)c2sc3cccc4c5csc6cccc(c2c34)c65)c1. The number of anilines is 3. The fourth-order valence-electron chi connectivity index (χ4n) is 4.99. The van der Waals surface area contributed by atoms with Gasteiger partial charge in [-0.3, -0.25) is 0 Å². The normalized spacial score (nSPS) is 11.9. The lowest BCUT2D eigenvalue weighted by Crippen LogP contribution is -2.08. The molecule has 0 spiro atoms. The van der Waals surface area contributed by atoms with Crippen LogP contribution < -0.4 is 4.90 Å². The number of aryl methyl sites for hydroxylation is 1. The van der Waals surface area contributed by atoms with Gasteiger partial charge in [-0.05, 0) is 65.0 Å². The average molecular weight is 446 g/mol. The Kier molecular flexibility index (Phi) is 3.87. The number of benzene rings is 5. The summed E-state index contributed by atoms with van der Waals surface area (Å²) in [6, 6.07) is 33.1. The molecule has 2 aromatic heterocycles. The van der Waals surface area contributed by atoms with E-state index in [0.29, 0.717) is 0 Å². The molecule has 0 amide bonds. The van der Waals surface area contributed by atoms with Crippen molar-refractivity contribution in [2.45, 2.75) is 6.92 Å². The van der Waals surface area contributed by atoms with Crippen LogP contribution in [0.25, 0.3) is 41.7 Å². The van der Waals surface area contributed by atoms with E-state index in [-0.39, 0.29) is 0 Å². The zero-order valence-electron chi connectivity index (χ0n) is 17.5. The summed E-state index contributed by atoms with van der Waals surface area (Å²) < 4.78 is 2.70. The molecule has 0 fully saturated rings. The van der Waals surface area contributed by atoms with Gasteiger partial charge in [0.05, 0.1) is 0 Å². The largest absolute Gasteiger partial charge is 0.301 e. The second-order valence-corrected chi connectivity index (χ2v) is 10.2. The number of hydrogen-bond donors (Lipinski definition) is 0. The van der Waals surface area contributed by atoms with Gasteiger partial charge in [0.2, 0.25) is 0 Å². The van der Waals surface area contributed by atoms with E-state index in [9.17, 15) is 0 Å². The molecule has 5 aromatic carbocycles. The molecule has 0 aliphatic rings. The van der Waals surface area contributed by atoms with Crippen molar-refractivity contribution in [3.63, 3.8) is 0 Å². The Morgan fingerprint density at radius 2 is 1.34 bits per heavy atom. The minimum atomic E-state index is 1.19. The molecule has 0 saturated carbocycles. The molecule has 7 rings (SSSR count). The van der Waals surface area contributed by atoms with Gasteiger partial charge in [-0.2, -0.15) is 0 Å². The van der Waals surface area contributed by atoms with Gasteiger partial charge in [0, 0.05) is 42.3 Å². The molecule has 0 N–H and O–H groups in total. The van der Waals surface area contributed by atoms with Gasteiger partial charge < -0.3 is 4.90 Å². The molecule has 3 heteroatoms. The maximum absolute atomic E-state index is 2.44. The Balaban J connectivity index is 1.68. The number of hydrogen-bond acceptors (Lipinski definition) is 3. The van der Waals surface area contributed by atoms with Crippen molar-refractivity contribution < 1.29 is 0 Å². The van der Waals surface area contributed by atoms with E-state index in [4.69, 9.17) is 0 Å². The topological polar surface area (TPSA) is 3.24 Å². The second kappa shape index (κ2) is 6.80. The van der Waals surface area contributed by atoms with Crippen LogP contribution in [0.2, 0.25) is 0 Å². The first-order chi connectivity index (χ1) is 15.8. The third-order valence-corrected chi connectivity index (χ3v) is 8.42. The van der Waals surface area contributed by atoms with Crippen LogP contribution in [0.4, 0.5) is 16.4 Å². The number of para-hydroxylation sites is 1. The molecule has 0 saturated heterocycles. The van der Waals surface area contributed by atoms with Crippen molar-refractivity contribution in [1.82, 2.24) is 0 Å². The molecule has 0 aliphatic heterocycles. The summed E-state index contributed by atoms with van der Waals surface area (Å²) in [6.07, 6.45) is 0. The van der Waals surface area contributed by atoms with Gasteiger partial charge in [0.25, 0.3) is 0 Å². The van der Waals surface area contributed by atoms with Crippen molar-refractivity contribution in [3.8, 4) is 0 Å². The summed E-state index contributed by atoms with van der Waals surface area (Å²) in [5.74, 6) is 0. The predicted molar refractivity (Wildman–Crippen MR) is 143 cm³/mol. The van der Waals surface area contributed by atoms with Crippen molar-refractivity contribution in [2.24, 2.45) is 0 Å². The Morgan fingerprint density at radius 3 is 2.19 bits per heavy atom. The standard InChI is InChI=1S/C29H19NS2/c1-18-8-5-11-20(16-18)30(19-9-3-2-4-10-19)29-28-22-13-7-14-24-26(22)23(17-31-24)21-12-6-15-25(32-29)27(21)28/h2-17H,1H3. The van der Waals surface area contributed by atoms with E-state index in [0.717, 1.165) is 0 Å². The Labute approximate surface area is 194 Å². The lowest BCUT2D eigenvalue weighted by Gasteiger charge is -2.25. The van der Waals surface area contributed by atoms with Crippen LogP contribution in [-0.4, -0.2) is 0 Å². The summed E-state index contributed by atoms with van der Waals surface area (Å²) in [5, 5.41) is 11.9. The van der Waals surface area contributed by atoms with Crippen molar-refractivity contribution in [2.75, 3.05) is 4.90 Å². The molecule has 32 heavy (non-hydrogen) atoms. The Hall–Kier alpha value is -3.40. The van der Waals surface area contributed by atoms with Crippen LogP contribution >= 0.6 is 22.7 Å². The van der Waals surface area contributed by atoms with Gasteiger partial charge in [-0.15, -0.1) is 22.7 Å². The van der Waals surface area contributed by atoms with Crippen LogP contribution in [0.1, 0.15) is 5.56 Å². The highest BCUT2D eigenvalue weighted by atomic mass is 32.1. The Morgan fingerprint density at radius 1 is 0.594 bits per heavy atom. The van der Waals surface area contributed by atoms with E-state index >= 15 is 0 Å². The van der Waals surface area contributed by atoms with E-state index in [1.165, 1.54) is 63.7 Å². The molecule has 0 radical (unpaired) electrons. The van der Waals surface area contributed by atoms with E-state index < -0.39 is 0 Å².